The van der Waals surface area contributed by atoms with E-state index in [1.165, 1.54) is 12.0 Å². The number of para-hydroxylation sites is 2. The van der Waals surface area contributed by atoms with Crippen LogP contribution in [0.15, 0.2) is 53.3 Å². The highest BCUT2D eigenvalue weighted by Gasteiger charge is 2.46. The predicted octanol–water partition coefficient (Wildman–Crippen LogP) is 0.668. The molecule has 5 rings (SSSR count). The summed E-state index contributed by atoms with van der Waals surface area (Å²) in [5, 5.41) is 0. The third-order valence-electron chi connectivity index (χ3n) is 6.77. The monoisotopic (exact) mass is 449 g/mol. The minimum absolute atomic E-state index is 0.0616. The van der Waals surface area contributed by atoms with E-state index in [1.54, 1.807) is 24.3 Å². The number of esters is 1. The summed E-state index contributed by atoms with van der Waals surface area (Å²) in [4.78, 5) is 55.2. The molecule has 2 aromatic carbocycles. The number of benzene rings is 2. The van der Waals surface area contributed by atoms with E-state index in [-0.39, 0.29) is 30.0 Å². The molecule has 2 aliphatic rings. The number of quaternary nitrogens is 1. The number of nitrogens with one attached hydrogen (secondary N) is 2. The number of rotatable bonds is 4. The van der Waals surface area contributed by atoms with Gasteiger partial charge >= 0.3 is 11.7 Å². The molecule has 2 N–H and O–H groups in total. The molecule has 3 aromatic rings. The van der Waals surface area contributed by atoms with Gasteiger partial charge in [0, 0.05) is 18.9 Å². The SMILES string of the molecule is COC(=O)c1ccc(N2C(=O)C[C@H]([NH+]3CCC(n4c(=O)[nH]c5ccccc54)CC3)C2=O)cc1. The van der Waals surface area contributed by atoms with E-state index in [4.69, 9.17) is 4.74 Å². The largest absolute Gasteiger partial charge is 0.465 e. The summed E-state index contributed by atoms with van der Waals surface area (Å²) in [6, 6.07) is 13.6. The van der Waals surface area contributed by atoms with Crippen molar-refractivity contribution >= 4 is 34.5 Å². The van der Waals surface area contributed by atoms with Crippen LogP contribution in [0.3, 0.4) is 0 Å². The number of hydrogen-bond donors (Lipinski definition) is 2. The minimum atomic E-state index is -0.472. The van der Waals surface area contributed by atoms with Crippen LogP contribution in [-0.2, 0) is 14.3 Å². The van der Waals surface area contributed by atoms with Gasteiger partial charge in [-0.05, 0) is 36.4 Å². The van der Waals surface area contributed by atoms with Crippen LogP contribution < -0.4 is 15.5 Å². The Morgan fingerprint density at radius 2 is 1.73 bits per heavy atom. The molecule has 3 heterocycles. The normalized spacial score (nSPS) is 23.3. The second kappa shape index (κ2) is 8.32. The van der Waals surface area contributed by atoms with E-state index in [2.05, 4.69) is 4.98 Å². The van der Waals surface area contributed by atoms with Crippen molar-refractivity contribution in [1.82, 2.24) is 9.55 Å². The van der Waals surface area contributed by atoms with Crippen LogP contribution in [0.5, 0.6) is 0 Å². The summed E-state index contributed by atoms with van der Waals surface area (Å²) in [5.41, 5.74) is 2.42. The van der Waals surface area contributed by atoms with Crippen LogP contribution in [0.4, 0.5) is 5.69 Å². The van der Waals surface area contributed by atoms with Crippen LogP contribution in [0, 0.1) is 0 Å². The Morgan fingerprint density at radius 3 is 2.42 bits per heavy atom. The maximum Gasteiger partial charge on any atom is 0.337 e. The average molecular weight is 449 g/mol. The molecule has 9 nitrogen and oxygen atoms in total. The molecule has 1 atom stereocenters. The van der Waals surface area contributed by atoms with Gasteiger partial charge in [0.05, 0.1) is 48.9 Å². The van der Waals surface area contributed by atoms with E-state index >= 15 is 0 Å². The highest BCUT2D eigenvalue weighted by atomic mass is 16.5. The molecule has 0 saturated carbocycles. The van der Waals surface area contributed by atoms with Crippen molar-refractivity contribution in [1.29, 1.82) is 0 Å². The Labute approximate surface area is 189 Å². The number of ether oxygens (including phenoxy) is 1. The summed E-state index contributed by atoms with van der Waals surface area (Å²) in [6.07, 6.45) is 1.66. The summed E-state index contributed by atoms with van der Waals surface area (Å²) >= 11 is 0. The highest BCUT2D eigenvalue weighted by Crippen LogP contribution is 2.25. The van der Waals surface area contributed by atoms with Gasteiger partial charge in [0.1, 0.15) is 0 Å². The number of aromatic nitrogens is 2. The maximum atomic E-state index is 13.2. The first kappa shape index (κ1) is 21.1. The number of aromatic amines is 1. The molecule has 2 fully saturated rings. The van der Waals surface area contributed by atoms with Crippen LogP contribution in [0.2, 0.25) is 0 Å². The Hall–Kier alpha value is -3.72. The zero-order valence-electron chi connectivity index (χ0n) is 18.2. The average Bonchev–Trinajstić information content (AvgIpc) is 3.33. The van der Waals surface area contributed by atoms with Crippen molar-refractivity contribution in [2.75, 3.05) is 25.1 Å². The number of imidazole rings is 1. The first-order chi connectivity index (χ1) is 16.0. The molecule has 0 unspecified atom stereocenters. The van der Waals surface area contributed by atoms with Crippen LogP contribution in [0.25, 0.3) is 11.0 Å². The van der Waals surface area contributed by atoms with Crippen molar-refractivity contribution in [2.45, 2.75) is 31.3 Å². The van der Waals surface area contributed by atoms with Crippen LogP contribution in [-0.4, -0.2) is 53.6 Å². The van der Waals surface area contributed by atoms with Gasteiger partial charge in [-0.1, -0.05) is 12.1 Å². The third-order valence-corrected chi connectivity index (χ3v) is 6.77. The smallest absolute Gasteiger partial charge is 0.337 e. The number of hydrogen-bond acceptors (Lipinski definition) is 5. The van der Waals surface area contributed by atoms with E-state index in [9.17, 15) is 19.2 Å². The second-order valence-electron chi connectivity index (χ2n) is 8.57. The van der Waals surface area contributed by atoms with Crippen molar-refractivity contribution in [3.8, 4) is 0 Å². The summed E-state index contributed by atoms with van der Waals surface area (Å²) in [6.45, 7) is 1.41. The molecule has 2 amide bonds. The number of carbonyl (C=O) groups excluding carboxylic acids is 3. The minimum Gasteiger partial charge on any atom is -0.465 e. The molecule has 2 aliphatic heterocycles. The molecule has 0 bridgehead atoms. The lowest BCUT2D eigenvalue weighted by molar-refractivity contribution is -0.920. The zero-order valence-corrected chi connectivity index (χ0v) is 18.2. The highest BCUT2D eigenvalue weighted by molar-refractivity contribution is 6.22. The van der Waals surface area contributed by atoms with Gasteiger partial charge in [0.2, 0.25) is 5.91 Å². The number of nitrogens with zero attached hydrogens (tertiary/aromatic N) is 2. The molecular formula is C24H25N4O5+. The first-order valence-electron chi connectivity index (χ1n) is 11.1. The molecule has 0 radical (unpaired) electrons. The number of piperidine rings is 1. The molecule has 9 heteroatoms. The lowest BCUT2D eigenvalue weighted by Crippen LogP contribution is -3.17. The zero-order chi connectivity index (χ0) is 23.1. The number of likely N-dealkylation sites (tertiary alicyclic amines) is 1. The lowest BCUT2D eigenvalue weighted by atomic mass is 10.0. The fourth-order valence-electron chi connectivity index (χ4n) is 5.10. The Balaban J connectivity index is 1.29. The number of H-pyrrole nitrogens is 1. The van der Waals surface area contributed by atoms with Gasteiger partial charge in [-0.3, -0.25) is 14.2 Å². The fraction of sp³-hybridized carbons (Fsp3) is 0.333. The Bertz CT molecular complexity index is 1280. The van der Waals surface area contributed by atoms with Crippen LogP contribution in [0.1, 0.15) is 35.7 Å². The van der Waals surface area contributed by atoms with E-state index in [1.807, 2.05) is 28.8 Å². The number of amides is 2. The summed E-state index contributed by atoms with van der Waals surface area (Å²) in [7, 11) is 1.30. The van der Waals surface area contributed by atoms with Crippen molar-refractivity contribution < 1.29 is 24.0 Å². The van der Waals surface area contributed by atoms with E-state index in [0.717, 1.165) is 28.8 Å². The van der Waals surface area contributed by atoms with Gasteiger partial charge in [0.15, 0.2) is 6.04 Å². The number of imide groups is 1. The lowest BCUT2D eigenvalue weighted by Gasteiger charge is -2.32. The standard InChI is InChI=1S/C24H24N4O5/c1-33-23(31)15-6-8-16(9-7-15)28-21(29)14-20(22(28)30)26-12-10-17(11-13-26)27-19-5-3-2-4-18(19)25-24(27)32/h2-9,17,20H,10-14H2,1H3,(H,25,32)/p+1/t20-/m0/s1. The number of fused-ring (bicyclic) bond motifs is 1. The van der Waals surface area contributed by atoms with Gasteiger partial charge in [-0.2, -0.15) is 0 Å². The van der Waals surface area contributed by atoms with Gasteiger partial charge in [0.25, 0.3) is 5.91 Å². The van der Waals surface area contributed by atoms with Crippen molar-refractivity contribution in [2.24, 2.45) is 0 Å². The predicted molar refractivity (Wildman–Crippen MR) is 120 cm³/mol. The van der Waals surface area contributed by atoms with E-state index in [0.29, 0.717) is 24.3 Å². The van der Waals surface area contributed by atoms with Crippen LogP contribution >= 0.6 is 0 Å². The number of methoxy groups -OCH3 is 1. The molecule has 0 spiro atoms. The molecule has 0 aliphatic carbocycles. The van der Waals surface area contributed by atoms with Crippen molar-refractivity contribution in [3.63, 3.8) is 0 Å². The first-order valence-corrected chi connectivity index (χ1v) is 11.1. The van der Waals surface area contributed by atoms with E-state index < -0.39 is 12.0 Å². The topological polar surface area (TPSA) is 106 Å². The van der Waals surface area contributed by atoms with Crippen molar-refractivity contribution in [3.05, 3.63) is 64.6 Å². The molecule has 170 valence electrons. The van der Waals surface area contributed by atoms with Gasteiger partial charge < -0.3 is 14.6 Å². The number of anilines is 1. The maximum absolute atomic E-state index is 13.2. The third kappa shape index (κ3) is 3.64. The Morgan fingerprint density at radius 1 is 1.03 bits per heavy atom. The number of carbonyl (C=O) groups is 3. The molecule has 33 heavy (non-hydrogen) atoms. The quantitative estimate of drug-likeness (QED) is 0.450. The van der Waals surface area contributed by atoms with Gasteiger partial charge in [-0.25, -0.2) is 14.5 Å². The second-order valence-corrected chi connectivity index (χ2v) is 8.57. The Kier molecular flexibility index (Phi) is 5.33. The summed E-state index contributed by atoms with van der Waals surface area (Å²) in [5.74, 6) is -0.929. The fourth-order valence-corrected chi connectivity index (χ4v) is 5.10. The molecule has 2 saturated heterocycles. The van der Waals surface area contributed by atoms with Gasteiger partial charge in [-0.15, -0.1) is 0 Å². The summed E-state index contributed by atoms with van der Waals surface area (Å²) < 4.78 is 6.52. The molecule has 1 aromatic heterocycles. The molecular weight excluding hydrogens is 424 g/mol.